The van der Waals surface area contributed by atoms with Crippen LogP contribution in [-0.2, 0) is 14.3 Å². The van der Waals surface area contributed by atoms with Crippen molar-refractivity contribution in [2.45, 2.75) is 13.0 Å². The van der Waals surface area contributed by atoms with Gasteiger partial charge in [0.1, 0.15) is 0 Å². The molecule has 0 radical (unpaired) electrons. The van der Waals surface area contributed by atoms with Crippen LogP contribution in [0.5, 0.6) is 0 Å². The Morgan fingerprint density at radius 3 is 3.12 bits per heavy atom. The molecule has 0 aromatic carbocycles. The summed E-state index contributed by atoms with van der Waals surface area (Å²) in [5, 5.41) is 5.73. The maximum absolute atomic E-state index is 11.6. The molecule has 6 nitrogen and oxygen atoms in total. The molecular weight excluding hydrogens is 210 g/mol. The number of piperazine rings is 1. The largest absolute Gasteiger partial charge is 0.383 e. The van der Waals surface area contributed by atoms with Gasteiger partial charge in [0.05, 0.1) is 19.2 Å². The number of ether oxygens (including phenoxy) is 1. The van der Waals surface area contributed by atoms with Crippen molar-refractivity contribution in [3.8, 4) is 0 Å². The molecule has 1 saturated heterocycles. The first-order valence-corrected chi connectivity index (χ1v) is 5.43. The van der Waals surface area contributed by atoms with Gasteiger partial charge in [0.15, 0.2) is 0 Å². The summed E-state index contributed by atoms with van der Waals surface area (Å²) in [5.41, 5.74) is 0. The molecule has 1 aliphatic heterocycles. The lowest BCUT2D eigenvalue weighted by Gasteiger charge is -2.30. The van der Waals surface area contributed by atoms with E-state index in [-0.39, 0.29) is 24.4 Å². The molecule has 1 unspecified atom stereocenters. The summed E-state index contributed by atoms with van der Waals surface area (Å²) in [5.74, 6) is -0.160. The van der Waals surface area contributed by atoms with Gasteiger partial charge in [-0.3, -0.25) is 9.59 Å². The zero-order chi connectivity index (χ0) is 12.0. The van der Waals surface area contributed by atoms with E-state index in [9.17, 15) is 9.59 Å². The van der Waals surface area contributed by atoms with Gasteiger partial charge < -0.3 is 20.3 Å². The predicted molar refractivity (Wildman–Crippen MR) is 58.9 cm³/mol. The van der Waals surface area contributed by atoms with E-state index in [0.717, 1.165) is 6.54 Å². The maximum Gasteiger partial charge on any atom is 0.239 e. The minimum Gasteiger partial charge on any atom is -0.383 e. The average Bonchev–Trinajstić information content (AvgIpc) is 2.25. The van der Waals surface area contributed by atoms with Crippen molar-refractivity contribution in [2.75, 3.05) is 39.9 Å². The number of rotatable bonds is 5. The Kier molecular flexibility index (Phi) is 5.21. The summed E-state index contributed by atoms with van der Waals surface area (Å²) in [6.07, 6.45) is 0. The van der Waals surface area contributed by atoms with Gasteiger partial charge >= 0.3 is 0 Å². The first kappa shape index (κ1) is 12.9. The third kappa shape index (κ3) is 3.79. The number of hydrogen-bond acceptors (Lipinski definition) is 4. The third-order valence-electron chi connectivity index (χ3n) is 2.48. The Bertz CT molecular complexity index is 258. The van der Waals surface area contributed by atoms with Gasteiger partial charge in [0.2, 0.25) is 11.8 Å². The molecule has 16 heavy (non-hydrogen) atoms. The zero-order valence-electron chi connectivity index (χ0n) is 9.78. The molecule has 0 spiro atoms. The van der Waals surface area contributed by atoms with E-state index in [1.54, 1.807) is 18.9 Å². The number of amides is 2. The van der Waals surface area contributed by atoms with Crippen LogP contribution in [0, 0.1) is 0 Å². The minimum absolute atomic E-state index is 0.0202. The van der Waals surface area contributed by atoms with Crippen molar-refractivity contribution < 1.29 is 14.3 Å². The summed E-state index contributed by atoms with van der Waals surface area (Å²) in [7, 11) is 1.58. The number of hydrogen-bond donors (Lipinski definition) is 2. The van der Waals surface area contributed by atoms with E-state index in [0.29, 0.717) is 19.7 Å². The molecule has 1 atom stereocenters. The summed E-state index contributed by atoms with van der Waals surface area (Å²) >= 11 is 0. The van der Waals surface area contributed by atoms with Crippen LogP contribution in [0.1, 0.15) is 6.92 Å². The van der Waals surface area contributed by atoms with Gasteiger partial charge in [-0.1, -0.05) is 0 Å². The molecule has 0 aromatic heterocycles. The van der Waals surface area contributed by atoms with Crippen LogP contribution in [-0.4, -0.2) is 62.7 Å². The average molecular weight is 229 g/mol. The van der Waals surface area contributed by atoms with Crippen LogP contribution in [0.2, 0.25) is 0 Å². The molecular formula is C10H19N3O3. The Hall–Kier alpha value is -1.14. The van der Waals surface area contributed by atoms with Crippen LogP contribution in [0.15, 0.2) is 0 Å². The van der Waals surface area contributed by atoms with Crippen LogP contribution < -0.4 is 10.6 Å². The highest BCUT2D eigenvalue weighted by Crippen LogP contribution is 1.99. The topological polar surface area (TPSA) is 70.7 Å². The Morgan fingerprint density at radius 2 is 2.44 bits per heavy atom. The maximum atomic E-state index is 11.6. The number of methoxy groups -OCH3 is 1. The van der Waals surface area contributed by atoms with Crippen LogP contribution >= 0.6 is 0 Å². The van der Waals surface area contributed by atoms with Gasteiger partial charge in [-0.15, -0.1) is 0 Å². The van der Waals surface area contributed by atoms with Crippen molar-refractivity contribution in [1.29, 1.82) is 0 Å². The number of nitrogens with one attached hydrogen (secondary N) is 2. The quantitative estimate of drug-likeness (QED) is 0.567. The van der Waals surface area contributed by atoms with Crippen molar-refractivity contribution in [2.24, 2.45) is 0 Å². The lowest BCUT2D eigenvalue weighted by atomic mass is 10.2. The molecule has 0 aliphatic carbocycles. The molecule has 0 aromatic rings. The lowest BCUT2D eigenvalue weighted by molar-refractivity contribution is -0.139. The van der Waals surface area contributed by atoms with Gasteiger partial charge in [0, 0.05) is 26.7 Å². The van der Waals surface area contributed by atoms with Crippen molar-refractivity contribution >= 4 is 11.8 Å². The van der Waals surface area contributed by atoms with Crippen molar-refractivity contribution in [1.82, 2.24) is 15.5 Å². The molecule has 1 fully saturated rings. The highest BCUT2D eigenvalue weighted by Gasteiger charge is 2.25. The lowest BCUT2D eigenvalue weighted by Crippen LogP contribution is -2.55. The Labute approximate surface area is 95.3 Å². The molecule has 1 heterocycles. The van der Waals surface area contributed by atoms with E-state index in [1.165, 1.54) is 0 Å². The summed E-state index contributed by atoms with van der Waals surface area (Å²) < 4.78 is 4.82. The monoisotopic (exact) mass is 229 g/mol. The van der Waals surface area contributed by atoms with E-state index in [4.69, 9.17) is 4.74 Å². The fourth-order valence-electron chi connectivity index (χ4n) is 1.57. The molecule has 0 bridgehead atoms. The van der Waals surface area contributed by atoms with Gasteiger partial charge in [-0.2, -0.15) is 0 Å². The van der Waals surface area contributed by atoms with Gasteiger partial charge in [0.25, 0.3) is 0 Å². The van der Waals surface area contributed by atoms with Crippen LogP contribution in [0.25, 0.3) is 0 Å². The number of carbonyl (C=O) groups excluding carboxylic acids is 2. The molecule has 6 heteroatoms. The molecule has 1 rings (SSSR count). The zero-order valence-corrected chi connectivity index (χ0v) is 9.78. The summed E-state index contributed by atoms with van der Waals surface area (Å²) in [4.78, 5) is 24.7. The molecule has 2 amide bonds. The third-order valence-corrected chi connectivity index (χ3v) is 2.48. The van der Waals surface area contributed by atoms with Crippen LogP contribution in [0.3, 0.4) is 0 Å². The normalized spacial score (nSPS) is 21.0. The van der Waals surface area contributed by atoms with Gasteiger partial charge in [-0.25, -0.2) is 0 Å². The van der Waals surface area contributed by atoms with E-state index < -0.39 is 0 Å². The van der Waals surface area contributed by atoms with Gasteiger partial charge in [-0.05, 0) is 6.92 Å². The summed E-state index contributed by atoms with van der Waals surface area (Å²) in [6, 6.07) is -0.194. The fourth-order valence-corrected chi connectivity index (χ4v) is 1.57. The predicted octanol–water partition coefficient (Wildman–Crippen LogP) is -1.43. The SMILES string of the molecule is COCCNC(=O)CN1CCNC(C)C1=O. The molecule has 1 aliphatic rings. The smallest absolute Gasteiger partial charge is 0.239 e. The van der Waals surface area contributed by atoms with Crippen molar-refractivity contribution in [3.63, 3.8) is 0 Å². The first-order chi connectivity index (χ1) is 7.65. The highest BCUT2D eigenvalue weighted by atomic mass is 16.5. The number of nitrogens with zero attached hydrogens (tertiary/aromatic N) is 1. The minimum atomic E-state index is -0.194. The van der Waals surface area contributed by atoms with E-state index >= 15 is 0 Å². The second kappa shape index (κ2) is 6.44. The fraction of sp³-hybridized carbons (Fsp3) is 0.800. The molecule has 2 N–H and O–H groups in total. The van der Waals surface area contributed by atoms with E-state index in [2.05, 4.69) is 10.6 Å². The van der Waals surface area contributed by atoms with Crippen molar-refractivity contribution in [3.05, 3.63) is 0 Å². The second-order valence-electron chi connectivity index (χ2n) is 3.78. The second-order valence-corrected chi connectivity index (χ2v) is 3.78. The van der Waals surface area contributed by atoms with E-state index in [1.807, 2.05) is 0 Å². The first-order valence-electron chi connectivity index (χ1n) is 5.43. The van der Waals surface area contributed by atoms with Crippen LogP contribution in [0.4, 0.5) is 0 Å². The Balaban J connectivity index is 2.29. The highest BCUT2D eigenvalue weighted by molar-refractivity contribution is 5.87. The number of carbonyl (C=O) groups is 2. The summed E-state index contributed by atoms with van der Waals surface area (Å²) in [6.45, 7) is 4.22. The standard InChI is InChI=1S/C10H19N3O3/c1-8-10(15)13(5-3-11-8)7-9(14)12-4-6-16-2/h8,11H,3-7H2,1-2H3,(H,12,14). The molecule has 92 valence electrons. The molecule has 0 saturated carbocycles. The Morgan fingerprint density at radius 1 is 1.69 bits per heavy atom.